The minimum absolute atomic E-state index is 0.0314. The highest BCUT2D eigenvalue weighted by Gasteiger charge is 2.41. The highest BCUT2D eigenvalue weighted by Crippen LogP contribution is 2.21. The molecule has 2 saturated heterocycles. The molecule has 15 amide bonds. The van der Waals surface area contributed by atoms with E-state index in [9.17, 15) is 81.8 Å². The highest BCUT2D eigenvalue weighted by atomic mass is 32.2. The Balaban J connectivity index is 2.10. The van der Waals surface area contributed by atoms with Crippen molar-refractivity contribution >= 4 is 130 Å². The average molecular weight is 1410 g/mol. The quantitative estimate of drug-likeness (QED) is 0.0405. The number of phenolic OH excluding ortho intramolecular Hbond substituents is 1. The van der Waals surface area contributed by atoms with Gasteiger partial charge in [-0.15, -0.1) is 35.3 Å². The van der Waals surface area contributed by atoms with Crippen molar-refractivity contribution in [3.05, 3.63) is 29.8 Å². The number of aliphatic carboxylic acids is 1. The lowest BCUT2D eigenvalue weighted by molar-refractivity contribution is -0.142. The Bertz CT molecular complexity index is 2930. The van der Waals surface area contributed by atoms with Gasteiger partial charge in [0.2, 0.25) is 88.6 Å². The summed E-state index contributed by atoms with van der Waals surface area (Å²) in [5, 5.41) is 47.2. The molecule has 35 nitrogen and oxygen atoms in total. The SMILES string of the molecule is CC[C@H](C)[C@@H]1NC(=O)[C@H](Cc2ccc(O)cc2)NC(=O)[C@@H](N(C)C)CSCC(=O)N[C@@H](C(=O)NCCNC(=O)CSC[C@H](N)C(=O)O)CCCNC(=O)CSC[C@@H](C(=O)N2CCC[C@H]2C(=O)N[C@@H](C)C(=O)NCC(N)=O)NC(=O)[C@H](CC(N)=O)NC(=O)[C@H](CCC(N)=O)NC1=O. The molecular weight excluding hydrogens is 1320 g/mol. The highest BCUT2D eigenvalue weighted by molar-refractivity contribution is 8.00. The molecule has 0 saturated carbocycles. The summed E-state index contributed by atoms with van der Waals surface area (Å²) in [5.41, 5.74) is 22.2. The number of aromatic hydroxyl groups is 1. The number of likely N-dealkylation sites (tertiary alicyclic amines) is 1. The van der Waals surface area contributed by atoms with Crippen molar-refractivity contribution in [1.29, 1.82) is 0 Å². The third kappa shape index (κ3) is 29.7. The summed E-state index contributed by atoms with van der Waals surface area (Å²) in [4.78, 5) is 216. The van der Waals surface area contributed by atoms with Crippen molar-refractivity contribution in [2.45, 2.75) is 139 Å². The molecule has 0 aromatic heterocycles. The van der Waals surface area contributed by atoms with E-state index < -0.39 is 192 Å². The lowest BCUT2D eigenvalue weighted by Gasteiger charge is -2.31. The first-order chi connectivity index (χ1) is 45.3. The van der Waals surface area contributed by atoms with Gasteiger partial charge in [0.15, 0.2) is 0 Å². The van der Waals surface area contributed by atoms with E-state index in [4.69, 9.17) is 28.0 Å². The topological polar surface area (TPSA) is 556 Å². The van der Waals surface area contributed by atoms with Gasteiger partial charge in [-0.25, -0.2) is 0 Å². The number of nitrogens with two attached hydrogens (primary N) is 4. The van der Waals surface area contributed by atoms with Crippen LogP contribution in [0.3, 0.4) is 0 Å². The molecule has 2 fully saturated rings. The van der Waals surface area contributed by atoms with E-state index in [1.165, 1.54) is 36.1 Å². The smallest absolute Gasteiger partial charge is 0.321 e. The Morgan fingerprint density at radius 2 is 1.33 bits per heavy atom. The molecule has 534 valence electrons. The third-order valence-electron chi connectivity index (χ3n) is 15.0. The van der Waals surface area contributed by atoms with E-state index in [0.717, 1.165) is 40.2 Å². The molecule has 2 aliphatic heterocycles. The molecule has 3 rings (SSSR count). The van der Waals surface area contributed by atoms with Crippen LogP contribution < -0.4 is 81.4 Å². The average Bonchev–Trinajstić information content (AvgIpc) is 1.68. The van der Waals surface area contributed by atoms with Gasteiger partial charge in [-0.05, 0) is 76.7 Å². The first kappa shape index (κ1) is 81.7. The van der Waals surface area contributed by atoms with Crippen LogP contribution in [0.25, 0.3) is 0 Å². The third-order valence-corrected chi connectivity index (χ3v) is 18.1. The zero-order chi connectivity index (χ0) is 71.8. The fourth-order valence-electron chi connectivity index (χ4n) is 9.45. The number of carboxylic acid groups (broad SMARTS) is 1. The number of thioether (sulfide) groups is 3. The van der Waals surface area contributed by atoms with Crippen LogP contribution in [0.5, 0.6) is 5.75 Å². The molecular formula is C58H91N17O18S3. The fourth-order valence-corrected chi connectivity index (χ4v) is 12.2. The van der Waals surface area contributed by atoms with Crippen LogP contribution in [0.4, 0.5) is 0 Å². The van der Waals surface area contributed by atoms with E-state index in [2.05, 4.69) is 58.5 Å². The molecule has 1 aromatic carbocycles. The number of primary amides is 3. The van der Waals surface area contributed by atoms with Gasteiger partial charge in [0.25, 0.3) is 0 Å². The number of likely N-dealkylation sites (N-methyl/N-ethyl adjacent to an activating group) is 1. The van der Waals surface area contributed by atoms with Gasteiger partial charge >= 0.3 is 5.97 Å². The second-order valence-corrected chi connectivity index (χ2v) is 26.1. The summed E-state index contributed by atoms with van der Waals surface area (Å²) in [7, 11) is 3.16. The van der Waals surface area contributed by atoms with Crippen LogP contribution in [-0.4, -0.2) is 256 Å². The van der Waals surface area contributed by atoms with Crippen molar-refractivity contribution in [1.82, 2.24) is 68.3 Å². The van der Waals surface area contributed by atoms with Crippen molar-refractivity contribution < 1.29 is 86.9 Å². The number of nitrogens with one attached hydrogen (secondary N) is 11. The normalized spacial score (nSPS) is 22.9. The lowest BCUT2D eigenvalue weighted by Crippen LogP contribution is -2.61. The number of hydrogen-bond acceptors (Lipinski definition) is 22. The van der Waals surface area contributed by atoms with E-state index >= 15 is 0 Å². The molecule has 0 aliphatic carbocycles. The Morgan fingerprint density at radius 1 is 0.708 bits per heavy atom. The second-order valence-electron chi connectivity index (χ2n) is 23.0. The van der Waals surface area contributed by atoms with Crippen LogP contribution in [-0.2, 0) is 83.1 Å². The van der Waals surface area contributed by atoms with Crippen LogP contribution in [0, 0.1) is 5.92 Å². The minimum Gasteiger partial charge on any atom is -0.508 e. The standard InChI is InChI=1S/C58H91N17O18S3/c1-6-30(2)48-56(90)69-36(15-16-42(60)77)51(85)70-38(22-43(61)78)52(86)72-39(57(91)75-20-8-10-40(75)54(88)67-31(3)49(83)66-23-44(62)79)25-95-28-45(80)63-17-7-9-35(50(84)65-19-18-64-46(81)27-94-24-34(59)58(92)93)68-47(82)29-96-26-41(74(4)5)55(89)71-37(53(87)73-48)21-32-11-13-33(76)14-12-32/h11-14,30-31,34-41,48,76H,6-10,15-29,59H2,1-5H3,(H2,60,77)(H2,61,78)(H2,62,79)(H,63,80)(H,64,81)(H,65,84)(H,66,83)(H,67,88)(H,68,82)(H,69,90)(H,70,85)(H,71,89)(H,72,86)(H,73,87)(H,92,93)/t30-,31-,34-,35+,36-,37-,38-,39-,40-,41-,48-/m0/s1. The van der Waals surface area contributed by atoms with E-state index in [-0.39, 0.29) is 99.2 Å². The molecule has 0 bridgehead atoms. The summed E-state index contributed by atoms with van der Waals surface area (Å²) in [5.74, 6) is -16.0. The second kappa shape index (κ2) is 42.1. The maximum atomic E-state index is 14.7. The molecule has 21 N–H and O–H groups in total. The van der Waals surface area contributed by atoms with Crippen LogP contribution in [0.2, 0.25) is 0 Å². The summed E-state index contributed by atoms with van der Waals surface area (Å²) >= 11 is 2.83. The number of amides is 15. The number of carboxylic acids is 1. The van der Waals surface area contributed by atoms with E-state index in [1.54, 1.807) is 27.9 Å². The predicted molar refractivity (Wildman–Crippen MR) is 353 cm³/mol. The molecule has 0 radical (unpaired) electrons. The van der Waals surface area contributed by atoms with Gasteiger partial charge < -0.3 is 96.5 Å². The minimum atomic E-state index is -1.91. The number of phenols is 1. The van der Waals surface area contributed by atoms with Gasteiger partial charge in [-0.3, -0.25) is 81.6 Å². The predicted octanol–water partition coefficient (Wildman–Crippen LogP) is -7.19. The Morgan fingerprint density at radius 3 is 1.97 bits per heavy atom. The number of rotatable bonds is 25. The Kier molecular flexibility index (Phi) is 35.9. The maximum absolute atomic E-state index is 14.7. The summed E-state index contributed by atoms with van der Waals surface area (Å²) in [6, 6.07) is -8.33. The van der Waals surface area contributed by atoms with Gasteiger partial charge in [-0.2, -0.15) is 0 Å². The van der Waals surface area contributed by atoms with Crippen molar-refractivity contribution in [2.24, 2.45) is 28.9 Å². The molecule has 11 atom stereocenters. The van der Waals surface area contributed by atoms with Crippen LogP contribution >= 0.6 is 35.3 Å². The van der Waals surface area contributed by atoms with Crippen molar-refractivity contribution in [3.63, 3.8) is 0 Å². The van der Waals surface area contributed by atoms with Gasteiger partial charge in [-0.1, -0.05) is 32.4 Å². The summed E-state index contributed by atoms with van der Waals surface area (Å²) in [6.45, 7) is 3.79. The summed E-state index contributed by atoms with van der Waals surface area (Å²) < 4.78 is 0. The summed E-state index contributed by atoms with van der Waals surface area (Å²) in [6.07, 6.45) is -1.54. The van der Waals surface area contributed by atoms with E-state index in [0.29, 0.717) is 5.56 Å². The first-order valence-electron chi connectivity index (χ1n) is 30.8. The van der Waals surface area contributed by atoms with Gasteiger partial charge in [0.05, 0.1) is 36.3 Å². The molecule has 0 unspecified atom stereocenters. The number of benzene rings is 1. The number of hydrogen-bond donors (Lipinski definition) is 17. The van der Waals surface area contributed by atoms with Crippen LogP contribution in [0.15, 0.2) is 24.3 Å². The largest absolute Gasteiger partial charge is 0.508 e. The molecule has 1 aromatic rings. The molecule has 38 heteroatoms. The molecule has 96 heavy (non-hydrogen) atoms. The van der Waals surface area contributed by atoms with Crippen molar-refractivity contribution in [3.8, 4) is 5.75 Å². The Hall–Kier alpha value is -8.49. The number of carbonyl (C=O) groups excluding carboxylic acids is 15. The lowest BCUT2D eigenvalue weighted by atomic mass is 9.96. The maximum Gasteiger partial charge on any atom is 0.321 e. The Labute approximate surface area is 567 Å². The number of carbonyl (C=O) groups is 16. The molecule has 2 aliphatic rings. The zero-order valence-electron chi connectivity index (χ0n) is 54.2. The van der Waals surface area contributed by atoms with Crippen LogP contribution in [0.1, 0.15) is 77.7 Å². The van der Waals surface area contributed by atoms with E-state index in [1.807, 2.05) is 0 Å². The van der Waals surface area contributed by atoms with Gasteiger partial charge in [0, 0.05) is 56.3 Å². The molecule has 2 heterocycles. The fraction of sp³-hybridized carbons (Fsp3) is 0.621. The van der Waals surface area contributed by atoms with Gasteiger partial charge in [0.1, 0.15) is 60.1 Å². The zero-order valence-corrected chi connectivity index (χ0v) is 56.6. The number of nitrogens with zero attached hydrogens (tertiary/aromatic N) is 2. The monoisotopic (exact) mass is 1410 g/mol. The first-order valence-corrected chi connectivity index (χ1v) is 34.3. The molecule has 0 spiro atoms. The van der Waals surface area contributed by atoms with Crippen molar-refractivity contribution in [2.75, 3.05) is 81.3 Å².